The molecule has 1 atom stereocenters. The van der Waals surface area contributed by atoms with Crippen molar-refractivity contribution in [3.8, 4) is 17.2 Å². The van der Waals surface area contributed by atoms with Crippen molar-refractivity contribution in [3.05, 3.63) is 54.1 Å². The molecule has 21 heavy (non-hydrogen) atoms. The van der Waals surface area contributed by atoms with Crippen molar-refractivity contribution in [2.24, 2.45) is 0 Å². The summed E-state index contributed by atoms with van der Waals surface area (Å²) in [6.07, 6.45) is -0.962. The Balaban J connectivity index is 1.86. The summed E-state index contributed by atoms with van der Waals surface area (Å²) in [5.74, 6) is 0.976. The molecule has 6 nitrogen and oxygen atoms in total. The average Bonchev–Trinajstić information content (AvgIpc) is 3.00. The van der Waals surface area contributed by atoms with E-state index in [2.05, 4.69) is 0 Å². The maximum absolute atomic E-state index is 11.8. The second-order valence-electron chi connectivity index (χ2n) is 4.40. The van der Waals surface area contributed by atoms with E-state index >= 15 is 0 Å². The van der Waals surface area contributed by atoms with E-state index in [1.165, 1.54) is 0 Å². The smallest absolute Gasteiger partial charge is 0.289 e. The predicted octanol–water partition coefficient (Wildman–Crippen LogP) is 2.04. The van der Waals surface area contributed by atoms with Gasteiger partial charge in [0, 0.05) is 11.6 Å². The number of fused-ring (bicyclic) bond motifs is 1. The molecule has 1 aliphatic rings. The fraction of sp³-hybridized carbons (Fsp3) is 0.133. The van der Waals surface area contributed by atoms with Gasteiger partial charge < -0.3 is 14.2 Å². The van der Waals surface area contributed by atoms with Crippen LogP contribution < -0.4 is 19.7 Å². The number of ether oxygens (including phenoxy) is 3. The lowest BCUT2D eigenvalue weighted by Crippen LogP contribution is -2.29. The first-order valence-corrected chi connectivity index (χ1v) is 6.33. The van der Waals surface area contributed by atoms with Gasteiger partial charge in [0.1, 0.15) is 5.75 Å². The standard InChI is InChI=1S/C15H13NO5/c17-15(16-18)14(10-4-2-1-3-5-10)21-11-6-7-12-13(8-11)20-9-19-12/h1-8,14,18H,9H2,(H,16,17). The van der Waals surface area contributed by atoms with Gasteiger partial charge in [-0.3, -0.25) is 10.0 Å². The Morgan fingerprint density at radius 1 is 1.14 bits per heavy atom. The zero-order valence-electron chi connectivity index (χ0n) is 11.0. The maximum Gasteiger partial charge on any atom is 0.289 e. The topological polar surface area (TPSA) is 77.0 Å². The summed E-state index contributed by atoms with van der Waals surface area (Å²) < 4.78 is 16.1. The molecule has 6 heteroatoms. The van der Waals surface area contributed by atoms with Crippen molar-refractivity contribution < 1.29 is 24.2 Å². The molecule has 0 spiro atoms. The molecule has 0 radical (unpaired) electrons. The molecule has 2 aromatic carbocycles. The lowest BCUT2D eigenvalue weighted by molar-refractivity contribution is -0.136. The number of nitrogens with one attached hydrogen (secondary N) is 1. The summed E-state index contributed by atoms with van der Waals surface area (Å²) in [4.78, 5) is 11.8. The highest BCUT2D eigenvalue weighted by Gasteiger charge is 2.23. The van der Waals surface area contributed by atoms with Crippen LogP contribution in [0.25, 0.3) is 0 Å². The van der Waals surface area contributed by atoms with E-state index in [0.29, 0.717) is 22.8 Å². The molecule has 1 unspecified atom stereocenters. The second kappa shape index (κ2) is 5.72. The number of rotatable bonds is 4. The lowest BCUT2D eigenvalue weighted by atomic mass is 10.1. The van der Waals surface area contributed by atoms with Gasteiger partial charge in [-0.05, 0) is 12.1 Å². The van der Waals surface area contributed by atoms with Crippen molar-refractivity contribution >= 4 is 5.91 Å². The first-order valence-electron chi connectivity index (χ1n) is 6.33. The molecule has 3 rings (SSSR count). The van der Waals surface area contributed by atoms with Crippen LogP contribution in [0.4, 0.5) is 0 Å². The third-order valence-electron chi connectivity index (χ3n) is 3.05. The molecule has 0 fully saturated rings. The van der Waals surface area contributed by atoms with Crippen LogP contribution >= 0.6 is 0 Å². The summed E-state index contributed by atoms with van der Waals surface area (Å²) in [5, 5.41) is 8.88. The van der Waals surface area contributed by atoms with Crippen LogP contribution in [0.15, 0.2) is 48.5 Å². The van der Waals surface area contributed by atoms with Crippen LogP contribution in [0.3, 0.4) is 0 Å². The van der Waals surface area contributed by atoms with Gasteiger partial charge in [-0.25, -0.2) is 5.48 Å². The van der Waals surface area contributed by atoms with Crippen molar-refractivity contribution in [3.63, 3.8) is 0 Å². The molecular weight excluding hydrogens is 274 g/mol. The van der Waals surface area contributed by atoms with Gasteiger partial charge in [0.2, 0.25) is 12.9 Å². The molecular formula is C15H13NO5. The summed E-state index contributed by atoms with van der Waals surface area (Å²) >= 11 is 0. The predicted molar refractivity (Wildman–Crippen MR) is 72.3 cm³/mol. The molecule has 0 bridgehead atoms. The highest BCUT2D eigenvalue weighted by Crippen LogP contribution is 2.36. The third-order valence-corrected chi connectivity index (χ3v) is 3.05. The second-order valence-corrected chi connectivity index (χ2v) is 4.40. The Morgan fingerprint density at radius 3 is 2.67 bits per heavy atom. The van der Waals surface area contributed by atoms with Crippen molar-refractivity contribution in [1.29, 1.82) is 0 Å². The molecule has 1 heterocycles. The van der Waals surface area contributed by atoms with Crippen molar-refractivity contribution in [2.45, 2.75) is 6.10 Å². The molecule has 2 aromatic rings. The number of benzene rings is 2. The first-order chi connectivity index (χ1) is 10.3. The largest absolute Gasteiger partial charge is 0.476 e. The van der Waals surface area contributed by atoms with E-state index in [9.17, 15) is 4.79 Å². The average molecular weight is 287 g/mol. The Bertz CT molecular complexity index is 644. The van der Waals surface area contributed by atoms with E-state index in [-0.39, 0.29) is 6.79 Å². The molecule has 1 amide bonds. The van der Waals surface area contributed by atoms with Gasteiger partial charge in [0.05, 0.1) is 0 Å². The Labute approximate surface area is 120 Å². The van der Waals surface area contributed by atoms with Gasteiger partial charge >= 0.3 is 0 Å². The lowest BCUT2D eigenvalue weighted by Gasteiger charge is -2.17. The Kier molecular flexibility index (Phi) is 3.61. The van der Waals surface area contributed by atoms with E-state index in [0.717, 1.165) is 0 Å². The fourth-order valence-electron chi connectivity index (χ4n) is 2.05. The minimum Gasteiger partial charge on any atom is -0.476 e. The van der Waals surface area contributed by atoms with E-state index < -0.39 is 12.0 Å². The SMILES string of the molecule is O=C(NO)C(Oc1ccc2c(c1)OCO2)c1ccccc1. The van der Waals surface area contributed by atoms with Crippen LogP contribution in [-0.2, 0) is 4.79 Å². The highest BCUT2D eigenvalue weighted by molar-refractivity contribution is 5.81. The molecule has 0 saturated carbocycles. The minimum atomic E-state index is -0.962. The van der Waals surface area contributed by atoms with Crippen LogP contribution in [0.2, 0.25) is 0 Å². The monoisotopic (exact) mass is 287 g/mol. The zero-order valence-corrected chi connectivity index (χ0v) is 11.0. The van der Waals surface area contributed by atoms with Gasteiger partial charge in [0.25, 0.3) is 5.91 Å². The fourth-order valence-corrected chi connectivity index (χ4v) is 2.05. The third kappa shape index (κ3) is 2.75. The number of amides is 1. The van der Waals surface area contributed by atoms with Crippen LogP contribution in [0.1, 0.15) is 11.7 Å². The number of hydrogen-bond acceptors (Lipinski definition) is 5. The molecule has 108 valence electrons. The van der Waals surface area contributed by atoms with Crippen LogP contribution in [0.5, 0.6) is 17.2 Å². The summed E-state index contributed by atoms with van der Waals surface area (Å²) in [7, 11) is 0. The van der Waals surface area contributed by atoms with E-state index in [4.69, 9.17) is 19.4 Å². The molecule has 0 aromatic heterocycles. The van der Waals surface area contributed by atoms with Crippen molar-refractivity contribution in [1.82, 2.24) is 5.48 Å². The minimum absolute atomic E-state index is 0.165. The van der Waals surface area contributed by atoms with E-state index in [1.54, 1.807) is 47.9 Å². The van der Waals surface area contributed by atoms with E-state index in [1.807, 2.05) is 6.07 Å². The molecule has 2 N–H and O–H groups in total. The summed E-state index contributed by atoms with van der Waals surface area (Å²) in [6, 6.07) is 13.9. The van der Waals surface area contributed by atoms with Crippen LogP contribution in [0, 0.1) is 0 Å². The normalized spacial score (nSPS) is 13.6. The van der Waals surface area contributed by atoms with Crippen molar-refractivity contribution in [2.75, 3.05) is 6.79 Å². The summed E-state index contributed by atoms with van der Waals surface area (Å²) in [5.41, 5.74) is 2.24. The Hall–Kier alpha value is -2.73. The molecule has 1 aliphatic heterocycles. The van der Waals surface area contributed by atoms with Gasteiger partial charge in [0.15, 0.2) is 11.5 Å². The van der Waals surface area contributed by atoms with Gasteiger partial charge in [-0.15, -0.1) is 0 Å². The highest BCUT2D eigenvalue weighted by atomic mass is 16.7. The summed E-state index contributed by atoms with van der Waals surface area (Å²) in [6.45, 7) is 0.165. The molecule has 0 aliphatic carbocycles. The Morgan fingerprint density at radius 2 is 1.90 bits per heavy atom. The quantitative estimate of drug-likeness (QED) is 0.664. The number of hydroxylamine groups is 1. The number of hydrogen-bond donors (Lipinski definition) is 2. The van der Waals surface area contributed by atoms with Gasteiger partial charge in [-0.1, -0.05) is 30.3 Å². The molecule has 0 saturated heterocycles. The number of carbonyl (C=O) groups excluding carboxylic acids is 1. The number of carbonyl (C=O) groups is 1. The zero-order chi connectivity index (χ0) is 14.7. The maximum atomic E-state index is 11.8. The first kappa shape index (κ1) is 13.3. The van der Waals surface area contributed by atoms with Gasteiger partial charge in [-0.2, -0.15) is 0 Å². The van der Waals surface area contributed by atoms with Crippen LogP contribution in [-0.4, -0.2) is 17.9 Å².